The van der Waals surface area contributed by atoms with E-state index in [4.69, 9.17) is 0 Å². The average molecular weight is 442 g/mol. The molecule has 0 bridgehead atoms. The van der Waals surface area contributed by atoms with Crippen molar-refractivity contribution in [1.29, 1.82) is 0 Å². The summed E-state index contributed by atoms with van der Waals surface area (Å²) >= 11 is 3.22. The first-order valence-electron chi connectivity index (χ1n) is 7.89. The summed E-state index contributed by atoms with van der Waals surface area (Å²) in [4.78, 5) is 11.2. The number of halogens is 2. The van der Waals surface area contributed by atoms with Gasteiger partial charge in [0.1, 0.15) is 5.82 Å². The molecule has 8 heteroatoms. The third-order valence-electron chi connectivity index (χ3n) is 4.65. The minimum Gasteiger partial charge on any atom is -0.478 e. The molecule has 26 heavy (non-hydrogen) atoms. The number of aromatic carboxylic acids is 1. The third kappa shape index (κ3) is 3.54. The molecule has 0 radical (unpaired) electrons. The first kappa shape index (κ1) is 19.0. The lowest BCUT2D eigenvalue weighted by atomic mass is 10.1. The van der Waals surface area contributed by atoms with Crippen molar-refractivity contribution in [2.75, 3.05) is 0 Å². The van der Waals surface area contributed by atoms with Gasteiger partial charge in [-0.15, -0.1) is 0 Å². The second kappa shape index (κ2) is 6.44. The molecule has 0 aliphatic heterocycles. The number of carboxylic acid groups (broad SMARTS) is 1. The standard InChI is InChI=1S/C18H17BrFNO4S/c1-10-5-12(17(22)23)6-16(11(10)2)26(24,25)21-18(3-4-18)13-7-14(19)9-15(20)8-13/h5-9,21H,3-4H2,1-2H3,(H,22,23). The predicted octanol–water partition coefficient (Wildman–Crippen LogP) is 3.87. The number of rotatable bonds is 5. The minimum absolute atomic E-state index is 0.0726. The highest BCUT2D eigenvalue weighted by Gasteiger charge is 2.48. The summed E-state index contributed by atoms with van der Waals surface area (Å²) in [5.74, 6) is -1.65. The topological polar surface area (TPSA) is 83.5 Å². The second-order valence-corrected chi connectivity index (χ2v) is 9.13. The van der Waals surface area contributed by atoms with Gasteiger partial charge in [-0.2, -0.15) is 0 Å². The molecule has 3 rings (SSSR count). The molecule has 1 aliphatic carbocycles. The molecular weight excluding hydrogens is 425 g/mol. The normalized spacial score (nSPS) is 15.7. The quantitative estimate of drug-likeness (QED) is 0.737. The zero-order valence-electron chi connectivity index (χ0n) is 14.1. The van der Waals surface area contributed by atoms with Crippen LogP contribution in [0.4, 0.5) is 4.39 Å². The molecule has 2 N–H and O–H groups in total. The SMILES string of the molecule is Cc1cc(C(=O)O)cc(S(=O)(=O)NC2(c3cc(F)cc(Br)c3)CC2)c1C. The highest BCUT2D eigenvalue weighted by Crippen LogP contribution is 2.47. The van der Waals surface area contributed by atoms with Gasteiger partial charge in [0.05, 0.1) is 16.0 Å². The summed E-state index contributed by atoms with van der Waals surface area (Å²) in [6.07, 6.45) is 1.08. The van der Waals surface area contributed by atoms with Gasteiger partial charge in [0.15, 0.2) is 0 Å². The Bertz CT molecular complexity index is 996. The fraction of sp³-hybridized carbons (Fsp3) is 0.278. The van der Waals surface area contributed by atoms with Crippen molar-refractivity contribution >= 4 is 31.9 Å². The lowest BCUT2D eigenvalue weighted by Gasteiger charge is -2.20. The van der Waals surface area contributed by atoms with E-state index in [1.165, 1.54) is 18.2 Å². The Morgan fingerprint density at radius 1 is 1.19 bits per heavy atom. The van der Waals surface area contributed by atoms with E-state index in [9.17, 15) is 22.7 Å². The van der Waals surface area contributed by atoms with E-state index in [0.29, 0.717) is 34.0 Å². The summed E-state index contributed by atoms with van der Waals surface area (Å²) in [6.45, 7) is 3.30. The van der Waals surface area contributed by atoms with Crippen LogP contribution in [0.25, 0.3) is 0 Å². The fourth-order valence-corrected chi connectivity index (χ4v) is 5.20. The summed E-state index contributed by atoms with van der Waals surface area (Å²) in [7, 11) is -3.99. The van der Waals surface area contributed by atoms with Crippen LogP contribution in [0.2, 0.25) is 0 Å². The first-order valence-corrected chi connectivity index (χ1v) is 10.2. The molecule has 1 saturated carbocycles. The van der Waals surface area contributed by atoms with Crippen LogP contribution in [0, 0.1) is 19.7 Å². The van der Waals surface area contributed by atoms with Crippen LogP contribution in [-0.2, 0) is 15.6 Å². The maximum Gasteiger partial charge on any atom is 0.335 e. The lowest BCUT2D eigenvalue weighted by molar-refractivity contribution is 0.0696. The van der Waals surface area contributed by atoms with E-state index >= 15 is 0 Å². The van der Waals surface area contributed by atoms with Crippen molar-refractivity contribution in [2.24, 2.45) is 0 Å². The smallest absolute Gasteiger partial charge is 0.335 e. The summed E-state index contributed by atoms with van der Waals surface area (Å²) in [5, 5.41) is 9.21. The zero-order valence-corrected chi connectivity index (χ0v) is 16.5. The van der Waals surface area contributed by atoms with Gasteiger partial charge in [-0.3, -0.25) is 0 Å². The van der Waals surface area contributed by atoms with Crippen LogP contribution in [0.15, 0.2) is 39.7 Å². The molecule has 5 nitrogen and oxygen atoms in total. The maximum atomic E-state index is 13.7. The fourth-order valence-electron chi connectivity index (χ4n) is 2.95. The Morgan fingerprint density at radius 3 is 2.38 bits per heavy atom. The van der Waals surface area contributed by atoms with Crippen LogP contribution >= 0.6 is 15.9 Å². The Kier molecular flexibility index (Phi) is 4.71. The lowest BCUT2D eigenvalue weighted by Crippen LogP contribution is -2.35. The van der Waals surface area contributed by atoms with Crippen LogP contribution in [0.1, 0.15) is 39.9 Å². The molecule has 2 aromatic carbocycles. The van der Waals surface area contributed by atoms with Crippen LogP contribution < -0.4 is 4.72 Å². The van der Waals surface area contributed by atoms with Gasteiger partial charge in [0, 0.05) is 4.47 Å². The van der Waals surface area contributed by atoms with Gasteiger partial charge in [-0.05, 0) is 73.7 Å². The van der Waals surface area contributed by atoms with Crippen molar-refractivity contribution < 1.29 is 22.7 Å². The Labute approximate surface area is 159 Å². The highest BCUT2D eigenvalue weighted by atomic mass is 79.9. The van der Waals surface area contributed by atoms with E-state index in [1.54, 1.807) is 19.9 Å². The Balaban J connectivity index is 2.03. The highest BCUT2D eigenvalue weighted by molar-refractivity contribution is 9.10. The minimum atomic E-state index is -3.99. The summed E-state index contributed by atoms with van der Waals surface area (Å²) < 4.78 is 42.8. The van der Waals surface area contributed by atoms with Crippen LogP contribution in [0.3, 0.4) is 0 Å². The number of aryl methyl sites for hydroxylation is 1. The summed E-state index contributed by atoms with van der Waals surface area (Å²) in [5.41, 5.74) is 0.633. The van der Waals surface area contributed by atoms with E-state index in [-0.39, 0.29) is 10.5 Å². The molecule has 0 unspecified atom stereocenters. The molecule has 138 valence electrons. The molecule has 1 aliphatic rings. The van der Waals surface area contributed by atoms with E-state index < -0.39 is 27.3 Å². The van der Waals surface area contributed by atoms with Gasteiger partial charge >= 0.3 is 5.97 Å². The Hall–Kier alpha value is -1.77. The van der Waals surface area contributed by atoms with Gasteiger partial charge in [-0.25, -0.2) is 22.3 Å². The van der Waals surface area contributed by atoms with Gasteiger partial charge in [-0.1, -0.05) is 15.9 Å². The number of sulfonamides is 1. The Morgan fingerprint density at radius 2 is 1.85 bits per heavy atom. The van der Waals surface area contributed by atoms with Crippen molar-refractivity contribution in [3.05, 3.63) is 62.9 Å². The van der Waals surface area contributed by atoms with Crippen molar-refractivity contribution in [1.82, 2.24) is 4.72 Å². The van der Waals surface area contributed by atoms with Crippen molar-refractivity contribution in [2.45, 2.75) is 37.1 Å². The molecule has 1 fully saturated rings. The van der Waals surface area contributed by atoms with E-state index in [1.807, 2.05) is 0 Å². The van der Waals surface area contributed by atoms with Gasteiger partial charge in [0.25, 0.3) is 0 Å². The van der Waals surface area contributed by atoms with Crippen molar-refractivity contribution in [3.63, 3.8) is 0 Å². The van der Waals surface area contributed by atoms with Crippen LogP contribution in [-0.4, -0.2) is 19.5 Å². The molecule has 0 saturated heterocycles. The molecule has 0 atom stereocenters. The molecule has 0 aromatic heterocycles. The number of hydrogen-bond donors (Lipinski definition) is 2. The van der Waals surface area contributed by atoms with E-state index in [2.05, 4.69) is 20.7 Å². The van der Waals surface area contributed by atoms with Crippen molar-refractivity contribution in [3.8, 4) is 0 Å². The molecule has 0 spiro atoms. The number of carbonyl (C=O) groups is 1. The zero-order chi connectivity index (χ0) is 19.3. The number of benzene rings is 2. The van der Waals surface area contributed by atoms with E-state index in [0.717, 1.165) is 6.07 Å². The molecule has 2 aromatic rings. The average Bonchev–Trinajstić information content (AvgIpc) is 3.28. The number of carboxylic acids is 1. The molecule has 0 amide bonds. The van der Waals surface area contributed by atoms with Gasteiger partial charge < -0.3 is 5.11 Å². The molecular formula is C18H17BrFNO4S. The molecule has 0 heterocycles. The first-order chi connectivity index (χ1) is 12.0. The number of hydrogen-bond acceptors (Lipinski definition) is 3. The second-order valence-electron chi connectivity index (χ2n) is 6.57. The third-order valence-corrected chi connectivity index (χ3v) is 6.77. The largest absolute Gasteiger partial charge is 0.478 e. The monoisotopic (exact) mass is 441 g/mol. The van der Waals surface area contributed by atoms with Crippen LogP contribution in [0.5, 0.6) is 0 Å². The summed E-state index contributed by atoms with van der Waals surface area (Å²) in [6, 6.07) is 6.90. The maximum absolute atomic E-state index is 13.7. The van der Waals surface area contributed by atoms with Gasteiger partial charge in [0.2, 0.25) is 10.0 Å². The number of nitrogens with one attached hydrogen (secondary N) is 1. The predicted molar refractivity (Wildman–Crippen MR) is 98.2 cm³/mol.